The normalized spacial score (nSPS) is 20.0. The van der Waals surface area contributed by atoms with E-state index >= 15 is 0 Å². The van der Waals surface area contributed by atoms with Gasteiger partial charge >= 0.3 is 0 Å². The zero-order valence-electron chi connectivity index (χ0n) is 8.07. The van der Waals surface area contributed by atoms with Crippen LogP contribution in [0.3, 0.4) is 0 Å². The van der Waals surface area contributed by atoms with Crippen LogP contribution in [0.5, 0.6) is 0 Å². The van der Waals surface area contributed by atoms with Crippen molar-refractivity contribution in [2.75, 3.05) is 0 Å². The van der Waals surface area contributed by atoms with E-state index in [1.54, 1.807) is 0 Å². The molecule has 0 heterocycles. The molecule has 0 aromatic carbocycles. The molecule has 0 aromatic heterocycles. The first kappa shape index (κ1) is 10.1. The maximum absolute atomic E-state index is 11.4. The average molecular weight is 176 g/mol. The number of Topliss-reactive ketones (excluding diaryl/α,β-unsaturated/α-hetero) is 1. The Morgan fingerprint density at radius 1 is 1.00 bits per heavy atom. The molecule has 0 saturated heterocycles. The van der Waals surface area contributed by atoms with Gasteiger partial charge in [0.1, 0.15) is 0 Å². The minimum atomic E-state index is 0.240. The minimum absolute atomic E-state index is 0.240. The lowest BCUT2D eigenvalue weighted by atomic mass is 10.0. The first-order valence-electron chi connectivity index (χ1n) is 4.97. The summed E-state index contributed by atoms with van der Waals surface area (Å²) in [7, 11) is 0. The van der Waals surface area contributed by atoms with E-state index in [1.165, 1.54) is 0 Å². The van der Waals surface area contributed by atoms with Gasteiger partial charge in [0.25, 0.3) is 0 Å². The van der Waals surface area contributed by atoms with Gasteiger partial charge in [-0.15, -0.1) is 11.8 Å². The molecular formula is C12H16O. The maximum atomic E-state index is 11.4. The molecule has 0 amide bonds. The highest BCUT2D eigenvalue weighted by Gasteiger charge is 2.06. The van der Waals surface area contributed by atoms with Gasteiger partial charge in [-0.1, -0.05) is 6.58 Å². The Morgan fingerprint density at radius 3 is 2.46 bits per heavy atom. The molecule has 70 valence electrons. The van der Waals surface area contributed by atoms with E-state index in [1.807, 2.05) is 0 Å². The van der Waals surface area contributed by atoms with Gasteiger partial charge in [0, 0.05) is 19.3 Å². The second-order valence-corrected chi connectivity index (χ2v) is 3.44. The van der Waals surface area contributed by atoms with Crippen molar-refractivity contribution in [1.29, 1.82) is 0 Å². The second kappa shape index (κ2) is 5.59. The van der Waals surface area contributed by atoms with E-state index < -0.39 is 0 Å². The smallest absolute Gasteiger partial charge is 0.158 e. The highest BCUT2D eigenvalue weighted by molar-refractivity contribution is 5.94. The van der Waals surface area contributed by atoms with Gasteiger partial charge in [0.05, 0.1) is 0 Å². The lowest BCUT2D eigenvalue weighted by Gasteiger charge is -2.02. The van der Waals surface area contributed by atoms with Gasteiger partial charge in [-0.3, -0.25) is 4.79 Å². The molecule has 0 saturated carbocycles. The van der Waals surface area contributed by atoms with Crippen LogP contribution >= 0.6 is 0 Å². The van der Waals surface area contributed by atoms with Gasteiger partial charge in [0.15, 0.2) is 5.78 Å². The fourth-order valence-corrected chi connectivity index (χ4v) is 1.38. The van der Waals surface area contributed by atoms with Crippen molar-refractivity contribution >= 4 is 5.78 Å². The van der Waals surface area contributed by atoms with Gasteiger partial charge in [0.2, 0.25) is 0 Å². The van der Waals surface area contributed by atoms with Crippen molar-refractivity contribution in [2.24, 2.45) is 0 Å². The number of rotatable bonds is 0. The maximum Gasteiger partial charge on any atom is 0.158 e. The molecule has 0 unspecified atom stereocenters. The standard InChI is InChI=1S/C12H16O/c1-11-9-7-5-3-2-4-6-8-10-12(11)13/h1,3,5-10H2. The van der Waals surface area contributed by atoms with Crippen LogP contribution in [0, 0.1) is 11.8 Å². The number of allylic oxidation sites excluding steroid dienone is 1. The SMILES string of the molecule is C=C1CCCCC#CCCCC1=O. The lowest BCUT2D eigenvalue weighted by Crippen LogP contribution is -2.00. The lowest BCUT2D eigenvalue weighted by molar-refractivity contribution is -0.115. The summed E-state index contributed by atoms with van der Waals surface area (Å²) in [6.07, 6.45) is 6.37. The number of carbonyl (C=O) groups excluding carboxylic acids is 1. The Hall–Kier alpha value is -1.03. The Bertz CT molecular complexity index is 252. The monoisotopic (exact) mass is 176 g/mol. The van der Waals surface area contributed by atoms with Crippen LogP contribution in [-0.4, -0.2) is 5.78 Å². The van der Waals surface area contributed by atoms with Crippen LogP contribution in [0.2, 0.25) is 0 Å². The first-order chi connectivity index (χ1) is 6.30. The third-order valence-electron chi connectivity index (χ3n) is 2.26. The van der Waals surface area contributed by atoms with Gasteiger partial charge in [-0.2, -0.15) is 0 Å². The predicted octanol–water partition coefficient (Wildman–Crippen LogP) is 2.86. The molecule has 0 atom stereocenters. The van der Waals surface area contributed by atoms with Crippen LogP contribution in [-0.2, 0) is 4.79 Å². The van der Waals surface area contributed by atoms with E-state index in [-0.39, 0.29) is 5.78 Å². The molecule has 0 aliphatic heterocycles. The summed E-state index contributed by atoms with van der Waals surface area (Å²) in [5.41, 5.74) is 0.807. The number of hydrogen-bond donors (Lipinski definition) is 0. The van der Waals surface area contributed by atoms with Crippen molar-refractivity contribution in [3.63, 3.8) is 0 Å². The molecular weight excluding hydrogens is 160 g/mol. The third kappa shape index (κ3) is 3.94. The molecule has 0 fully saturated rings. The van der Waals surface area contributed by atoms with E-state index in [2.05, 4.69) is 18.4 Å². The Labute approximate surface area is 80.2 Å². The molecule has 1 aliphatic rings. The van der Waals surface area contributed by atoms with E-state index in [0.29, 0.717) is 6.42 Å². The van der Waals surface area contributed by atoms with Crippen LogP contribution in [0.4, 0.5) is 0 Å². The summed E-state index contributed by atoms with van der Waals surface area (Å²) in [6.45, 7) is 3.81. The molecule has 1 rings (SSSR count). The van der Waals surface area contributed by atoms with Crippen molar-refractivity contribution < 1.29 is 4.79 Å². The Kier molecular flexibility index (Phi) is 4.32. The molecule has 0 aromatic rings. The van der Waals surface area contributed by atoms with Crippen molar-refractivity contribution in [1.82, 2.24) is 0 Å². The fourth-order valence-electron chi connectivity index (χ4n) is 1.38. The van der Waals surface area contributed by atoms with Gasteiger partial charge in [-0.05, 0) is 31.3 Å². The highest BCUT2D eigenvalue weighted by Crippen LogP contribution is 2.12. The topological polar surface area (TPSA) is 17.1 Å². The van der Waals surface area contributed by atoms with Crippen LogP contribution in [0.1, 0.15) is 44.9 Å². The van der Waals surface area contributed by atoms with E-state index in [4.69, 9.17) is 0 Å². The van der Waals surface area contributed by atoms with E-state index in [0.717, 1.165) is 44.1 Å². The molecule has 0 bridgehead atoms. The van der Waals surface area contributed by atoms with E-state index in [9.17, 15) is 4.79 Å². The summed E-state index contributed by atoms with van der Waals surface area (Å²) in [5.74, 6) is 6.45. The number of hydrogen-bond acceptors (Lipinski definition) is 1. The Morgan fingerprint density at radius 2 is 1.69 bits per heavy atom. The molecule has 0 N–H and O–H groups in total. The second-order valence-electron chi connectivity index (χ2n) is 3.44. The van der Waals surface area contributed by atoms with Gasteiger partial charge in [-0.25, -0.2) is 0 Å². The molecule has 0 radical (unpaired) electrons. The molecule has 1 aliphatic carbocycles. The first-order valence-corrected chi connectivity index (χ1v) is 4.97. The minimum Gasteiger partial charge on any atom is -0.295 e. The molecule has 13 heavy (non-hydrogen) atoms. The third-order valence-corrected chi connectivity index (χ3v) is 2.26. The van der Waals surface area contributed by atoms with Gasteiger partial charge < -0.3 is 0 Å². The van der Waals surface area contributed by atoms with Crippen LogP contribution < -0.4 is 0 Å². The fraction of sp³-hybridized carbons (Fsp3) is 0.583. The largest absolute Gasteiger partial charge is 0.295 e. The molecule has 0 spiro atoms. The summed E-state index contributed by atoms with van der Waals surface area (Å²) in [6, 6.07) is 0. The molecule has 1 nitrogen and oxygen atoms in total. The van der Waals surface area contributed by atoms with Crippen LogP contribution in [0.15, 0.2) is 12.2 Å². The highest BCUT2D eigenvalue weighted by atomic mass is 16.1. The summed E-state index contributed by atoms with van der Waals surface area (Å²) >= 11 is 0. The van der Waals surface area contributed by atoms with Crippen molar-refractivity contribution in [3.05, 3.63) is 12.2 Å². The summed E-state index contributed by atoms with van der Waals surface area (Å²) < 4.78 is 0. The average Bonchev–Trinajstić information content (AvgIpc) is 2.16. The number of ketones is 1. The number of carbonyl (C=O) groups is 1. The summed E-state index contributed by atoms with van der Waals surface area (Å²) in [5, 5.41) is 0. The van der Waals surface area contributed by atoms with Crippen molar-refractivity contribution in [3.8, 4) is 11.8 Å². The summed E-state index contributed by atoms with van der Waals surface area (Å²) in [4.78, 5) is 11.4. The Balaban J connectivity index is 2.45. The quantitative estimate of drug-likeness (QED) is 0.409. The van der Waals surface area contributed by atoms with Crippen molar-refractivity contribution in [2.45, 2.75) is 44.9 Å². The zero-order valence-corrected chi connectivity index (χ0v) is 8.07. The van der Waals surface area contributed by atoms with Crippen LogP contribution in [0.25, 0.3) is 0 Å². The molecule has 1 heteroatoms. The predicted molar refractivity (Wildman–Crippen MR) is 54.2 cm³/mol. The zero-order chi connectivity index (χ0) is 9.52.